The number of thiazole rings is 1. The minimum Gasteiger partial charge on any atom is -0.364 e. The molecule has 2 N–H and O–H groups in total. The van der Waals surface area contributed by atoms with Crippen molar-refractivity contribution in [3.8, 4) is 0 Å². The van der Waals surface area contributed by atoms with Crippen LogP contribution in [0.2, 0.25) is 0 Å². The number of anilines is 3. The van der Waals surface area contributed by atoms with E-state index in [9.17, 15) is 9.18 Å². The van der Waals surface area contributed by atoms with Crippen LogP contribution in [0, 0.1) is 5.95 Å². The van der Waals surface area contributed by atoms with Gasteiger partial charge in [0.25, 0.3) is 5.91 Å². The molecule has 1 amide bonds. The summed E-state index contributed by atoms with van der Waals surface area (Å²) in [4.78, 5) is 25.9. The van der Waals surface area contributed by atoms with E-state index < -0.39 is 11.9 Å². The van der Waals surface area contributed by atoms with Gasteiger partial charge in [-0.3, -0.25) is 4.79 Å². The lowest BCUT2D eigenvalue weighted by atomic mass is 10.00. The zero-order valence-corrected chi connectivity index (χ0v) is 17.2. The van der Waals surface area contributed by atoms with Crippen LogP contribution >= 0.6 is 11.3 Å². The van der Waals surface area contributed by atoms with E-state index in [2.05, 4.69) is 31.7 Å². The molecule has 4 rings (SSSR count). The standard InChI is InChI=1S/C21H21FN6OS/c1-23-20(29)16-2-3-17(19(22)26-16)28-9-5-14(6-10-28)12-15-4-7-24-18(13-15)27-21-25-8-11-30-21/h2-5,7-8,11,13H,6,9-10,12H2,1H3,(H,23,29)(H,24,25,27). The van der Waals surface area contributed by atoms with Crippen molar-refractivity contribution in [1.82, 2.24) is 20.3 Å². The molecule has 0 aliphatic carbocycles. The van der Waals surface area contributed by atoms with Crippen LogP contribution in [0.5, 0.6) is 0 Å². The molecule has 0 spiro atoms. The molecule has 0 saturated heterocycles. The van der Waals surface area contributed by atoms with Gasteiger partial charge < -0.3 is 15.5 Å². The normalized spacial score (nSPS) is 13.7. The van der Waals surface area contributed by atoms with Gasteiger partial charge in [-0.1, -0.05) is 11.6 Å². The second-order valence-corrected chi connectivity index (χ2v) is 7.73. The SMILES string of the molecule is CNC(=O)c1ccc(N2CC=C(Cc3ccnc(Nc4nccs4)c3)CC2)c(F)n1. The Morgan fingerprint density at radius 1 is 1.27 bits per heavy atom. The monoisotopic (exact) mass is 424 g/mol. The third-order valence-electron chi connectivity index (χ3n) is 4.86. The zero-order valence-electron chi connectivity index (χ0n) is 16.4. The number of hydrogen-bond donors (Lipinski definition) is 2. The van der Waals surface area contributed by atoms with Crippen LogP contribution in [0.15, 0.2) is 53.7 Å². The van der Waals surface area contributed by atoms with E-state index in [1.807, 2.05) is 22.4 Å². The maximum absolute atomic E-state index is 14.4. The largest absolute Gasteiger partial charge is 0.364 e. The molecule has 30 heavy (non-hydrogen) atoms. The van der Waals surface area contributed by atoms with Crippen molar-refractivity contribution in [2.45, 2.75) is 12.8 Å². The molecule has 0 saturated carbocycles. The highest BCUT2D eigenvalue weighted by molar-refractivity contribution is 7.13. The van der Waals surface area contributed by atoms with E-state index in [0.717, 1.165) is 29.4 Å². The number of nitrogens with zero attached hydrogens (tertiary/aromatic N) is 4. The first kappa shape index (κ1) is 20.0. The fraction of sp³-hybridized carbons (Fsp3) is 0.238. The lowest BCUT2D eigenvalue weighted by Crippen LogP contribution is -2.30. The van der Waals surface area contributed by atoms with Gasteiger partial charge in [-0.25, -0.2) is 15.0 Å². The number of aromatic nitrogens is 3. The molecule has 3 aromatic heterocycles. The second-order valence-electron chi connectivity index (χ2n) is 6.83. The van der Waals surface area contributed by atoms with Crippen molar-refractivity contribution in [1.29, 1.82) is 0 Å². The van der Waals surface area contributed by atoms with Gasteiger partial charge in [-0.2, -0.15) is 4.39 Å². The van der Waals surface area contributed by atoms with Crippen molar-refractivity contribution in [3.63, 3.8) is 0 Å². The van der Waals surface area contributed by atoms with Crippen LogP contribution in [-0.2, 0) is 6.42 Å². The minimum atomic E-state index is -0.625. The van der Waals surface area contributed by atoms with Gasteiger partial charge in [0.1, 0.15) is 11.5 Å². The van der Waals surface area contributed by atoms with Gasteiger partial charge in [-0.05, 0) is 42.7 Å². The number of rotatable bonds is 6. The highest BCUT2D eigenvalue weighted by Crippen LogP contribution is 2.25. The number of hydrogen-bond acceptors (Lipinski definition) is 7. The molecule has 1 aliphatic heterocycles. The zero-order chi connectivity index (χ0) is 20.9. The van der Waals surface area contributed by atoms with Crippen LogP contribution < -0.4 is 15.5 Å². The maximum atomic E-state index is 14.4. The summed E-state index contributed by atoms with van der Waals surface area (Å²) in [7, 11) is 1.49. The molecule has 0 unspecified atom stereocenters. The Bertz CT molecular complexity index is 1070. The number of amides is 1. The highest BCUT2D eigenvalue weighted by atomic mass is 32.1. The van der Waals surface area contributed by atoms with Crippen LogP contribution in [0.3, 0.4) is 0 Å². The van der Waals surface area contributed by atoms with Crippen molar-refractivity contribution in [2.24, 2.45) is 0 Å². The lowest BCUT2D eigenvalue weighted by Gasteiger charge is -2.28. The quantitative estimate of drug-likeness (QED) is 0.465. The van der Waals surface area contributed by atoms with Crippen LogP contribution in [-0.4, -0.2) is 41.0 Å². The fourth-order valence-corrected chi connectivity index (χ4v) is 3.85. The molecule has 0 radical (unpaired) electrons. The molecule has 9 heteroatoms. The number of halogens is 1. The van der Waals surface area contributed by atoms with E-state index in [1.165, 1.54) is 24.0 Å². The molecular formula is C21H21FN6OS. The molecule has 154 valence electrons. The fourth-order valence-electron chi connectivity index (χ4n) is 3.32. The third kappa shape index (κ3) is 4.62. The Morgan fingerprint density at radius 2 is 2.17 bits per heavy atom. The van der Waals surface area contributed by atoms with Crippen molar-refractivity contribution >= 4 is 33.9 Å². The Morgan fingerprint density at radius 3 is 2.87 bits per heavy atom. The molecule has 0 aromatic carbocycles. The number of nitrogens with one attached hydrogen (secondary N) is 2. The van der Waals surface area contributed by atoms with Crippen molar-refractivity contribution < 1.29 is 9.18 Å². The van der Waals surface area contributed by atoms with Gasteiger partial charge >= 0.3 is 0 Å². The first-order valence-corrected chi connectivity index (χ1v) is 10.4. The Kier molecular flexibility index (Phi) is 5.99. The summed E-state index contributed by atoms with van der Waals surface area (Å²) in [6.07, 6.45) is 7.31. The molecule has 3 aromatic rings. The summed E-state index contributed by atoms with van der Waals surface area (Å²) in [5.74, 6) is -0.257. The van der Waals surface area contributed by atoms with Crippen LogP contribution in [0.4, 0.5) is 21.0 Å². The first-order chi connectivity index (χ1) is 14.6. The molecule has 7 nitrogen and oxygen atoms in total. The van der Waals surface area contributed by atoms with Crippen LogP contribution in [0.25, 0.3) is 0 Å². The Hall–Kier alpha value is -3.33. The summed E-state index contributed by atoms with van der Waals surface area (Å²) in [5.41, 5.74) is 2.95. The summed E-state index contributed by atoms with van der Waals surface area (Å²) < 4.78 is 14.4. The van der Waals surface area contributed by atoms with Crippen molar-refractivity contribution in [3.05, 3.63) is 70.9 Å². The third-order valence-corrected chi connectivity index (χ3v) is 5.54. The van der Waals surface area contributed by atoms with Gasteiger partial charge in [0, 0.05) is 37.9 Å². The molecular weight excluding hydrogens is 403 g/mol. The van der Waals surface area contributed by atoms with Crippen molar-refractivity contribution in [2.75, 3.05) is 30.4 Å². The molecule has 0 atom stereocenters. The van der Waals surface area contributed by atoms with E-state index in [1.54, 1.807) is 24.5 Å². The first-order valence-electron chi connectivity index (χ1n) is 9.55. The average molecular weight is 425 g/mol. The summed E-state index contributed by atoms with van der Waals surface area (Å²) >= 11 is 1.53. The Labute approximate surface area is 177 Å². The van der Waals surface area contributed by atoms with Gasteiger partial charge in [0.15, 0.2) is 5.13 Å². The minimum absolute atomic E-state index is 0.0758. The smallest absolute Gasteiger partial charge is 0.269 e. The lowest BCUT2D eigenvalue weighted by molar-refractivity contribution is 0.0957. The number of carbonyl (C=O) groups excluding carboxylic acids is 1. The topological polar surface area (TPSA) is 83.0 Å². The molecule has 0 fully saturated rings. The van der Waals surface area contributed by atoms with Gasteiger partial charge in [0.2, 0.25) is 5.95 Å². The highest BCUT2D eigenvalue weighted by Gasteiger charge is 2.18. The average Bonchev–Trinajstić information content (AvgIpc) is 3.27. The van der Waals surface area contributed by atoms with Gasteiger partial charge in [0.05, 0.1) is 5.69 Å². The van der Waals surface area contributed by atoms with Crippen LogP contribution in [0.1, 0.15) is 22.5 Å². The van der Waals surface area contributed by atoms with E-state index in [-0.39, 0.29) is 5.69 Å². The molecule has 0 bridgehead atoms. The van der Waals surface area contributed by atoms with E-state index >= 15 is 0 Å². The molecule has 1 aliphatic rings. The Balaban J connectivity index is 1.40. The maximum Gasteiger partial charge on any atom is 0.269 e. The van der Waals surface area contributed by atoms with E-state index in [0.29, 0.717) is 18.8 Å². The number of pyridine rings is 2. The van der Waals surface area contributed by atoms with E-state index in [4.69, 9.17) is 0 Å². The summed E-state index contributed by atoms with van der Waals surface area (Å²) in [6.45, 7) is 1.29. The van der Waals surface area contributed by atoms with Gasteiger partial charge in [-0.15, -0.1) is 11.3 Å². The predicted molar refractivity (Wildman–Crippen MR) is 116 cm³/mol. The summed E-state index contributed by atoms with van der Waals surface area (Å²) in [6, 6.07) is 7.19. The summed E-state index contributed by atoms with van der Waals surface area (Å²) in [5, 5.41) is 8.38. The predicted octanol–water partition coefficient (Wildman–Crippen LogP) is 3.55. The molecule has 4 heterocycles. The second kappa shape index (κ2) is 9.00. The number of carbonyl (C=O) groups is 1.